The maximum atomic E-state index is 12.9. The highest BCUT2D eigenvalue weighted by Gasteiger charge is 2.18. The predicted molar refractivity (Wildman–Crippen MR) is 108 cm³/mol. The summed E-state index contributed by atoms with van der Waals surface area (Å²) in [6.45, 7) is 10.1. The van der Waals surface area contributed by atoms with Gasteiger partial charge in [-0.1, -0.05) is 18.2 Å². The van der Waals surface area contributed by atoms with Crippen LogP contribution in [-0.2, 0) is 11.3 Å². The van der Waals surface area contributed by atoms with Crippen LogP contribution in [0.1, 0.15) is 24.3 Å². The molecule has 27 heavy (non-hydrogen) atoms. The topological polar surface area (TPSA) is 55.7 Å². The van der Waals surface area contributed by atoms with Crippen LogP contribution in [-0.4, -0.2) is 61.4 Å². The summed E-state index contributed by atoms with van der Waals surface area (Å²) in [7, 11) is 0. The van der Waals surface area contributed by atoms with Crippen molar-refractivity contribution in [1.82, 2.24) is 14.8 Å². The fraction of sp³-hybridized carbons (Fsp3) is 0.476. The van der Waals surface area contributed by atoms with Gasteiger partial charge < -0.3 is 19.4 Å². The first kappa shape index (κ1) is 19.5. The first-order valence-electron chi connectivity index (χ1n) is 9.69. The van der Waals surface area contributed by atoms with Crippen molar-refractivity contribution in [2.45, 2.75) is 20.4 Å². The molecule has 6 nitrogen and oxygen atoms in total. The lowest BCUT2D eigenvalue weighted by Crippen LogP contribution is -2.41. The van der Waals surface area contributed by atoms with Crippen LogP contribution in [0.25, 0.3) is 10.9 Å². The van der Waals surface area contributed by atoms with Gasteiger partial charge >= 0.3 is 0 Å². The maximum absolute atomic E-state index is 12.9. The third-order valence-corrected chi connectivity index (χ3v) is 4.78. The maximum Gasteiger partial charge on any atom is 0.268 e. The van der Waals surface area contributed by atoms with Crippen molar-refractivity contribution in [1.29, 1.82) is 0 Å². The van der Waals surface area contributed by atoms with Crippen molar-refractivity contribution in [2.24, 2.45) is 0 Å². The Morgan fingerprint density at radius 3 is 2.89 bits per heavy atom. The minimum absolute atomic E-state index is 0.0496. The number of carbonyl (C=O) groups excluding carboxylic acids is 1. The van der Waals surface area contributed by atoms with E-state index in [1.807, 2.05) is 48.8 Å². The summed E-state index contributed by atoms with van der Waals surface area (Å²) < 4.78 is 13.2. The summed E-state index contributed by atoms with van der Waals surface area (Å²) in [6.07, 6.45) is 4.05. The molecule has 1 fully saturated rings. The van der Waals surface area contributed by atoms with Gasteiger partial charge in [-0.3, -0.25) is 9.69 Å². The molecule has 1 saturated heterocycles. The Bertz CT molecular complexity index is 791. The Balaban J connectivity index is 1.78. The van der Waals surface area contributed by atoms with Crippen molar-refractivity contribution in [2.75, 3.05) is 46.0 Å². The van der Waals surface area contributed by atoms with Crippen LogP contribution in [0.2, 0.25) is 0 Å². The lowest BCUT2D eigenvalue weighted by Gasteiger charge is -2.26. The summed E-state index contributed by atoms with van der Waals surface area (Å²) >= 11 is 0. The third-order valence-electron chi connectivity index (χ3n) is 4.78. The number of benzene rings is 1. The lowest BCUT2D eigenvalue weighted by molar-refractivity contribution is 0.0383. The van der Waals surface area contributed by atoms with Gasteiger partial charge in [0.2, 0.25) is 0 Å². The molecule has 1 aromatic carbocycles. The van der Waals surface area contributed by atoms with E-state index in [1.165, 1.54) is 0 Å². The lowest BCUT2D eigenvalue weighted by atomic mass is 10.2. The van der Waals surface area contributed by atoms with Crippen LogP contribution >= 0.6 is 0 Å². The fourth-order valence-corrected chi connectivity index (χ4v) is 3.38. The van der Waals surface area contributed by atoms with Crippen LogP contribution in [0.5, 0.6) is 5.75 Å². The zero-order valence-corrected chi connectivity index (χ0v) is 16.2. The first-order chi connectivity index (χ1) is 13.2. The molecular formula is C21H29N3O3. The largest absolute Gasteiger partial charge is 0.493 e. The Morgan fingerprint density at radius 2 is 2.15 bits per heavy atom. The van der Waals surface area contributed by atoms with E-state index in [0.29, 0.717) is 25.4 Å². The minimum Gasteiger partial charge on any atom is -0.493 e. The Morgan fingerprint density at radius 1 is 1.33 bits per heavy atom. The molecule has 0 aliphatic carbocycles. The average molecular weight is 371 g/mol. The standard InChI is InChI=1S/C21H29N3O3/c1-3-5-10-24-18-7-6-8-20(27-4-2)17(18)16-19(24)21(25)22-9-11-23-12-14-26-15-13-23/h3,5-8,16H,4,9-15H2,1-2H3,(H,22,25)/b5-3-. The van der Waals surface area contributed by atoms with Gasteiger partial charge in [0.1, 0.15) is 11.4 Å². The molecule has 3 rings (SSSR count). The van der Waals surface area contributed by atoms with Gasteiger partial charge in [-0.25, -0.2) is 0 Å². The van der Waals surface area contributed by atoms with Gasteiger partial charge in [0.05, 0.1) is 25.3 Å². The number of nitrogens with zero attached hydrogens (tertiary/aromatic N) is 2. The summed E-state index contributed by atoms with van der Waals surface area (Å²) in [6, 6.07) is 7.89. The van der Waals surface area contributed by atoms with Crippen molar-refractivity contribution in [3.8, 4) is 5.75 Å². The van der Waals surface area contributed by atoms with Gasteiger partial charge in [-0.05, 0) is 32.0 Å². The zero-order chi connectivity index (χ0) is 19.1. The number of allylic oxidation sites excluding steroid dienone is 2. The quantitative estimate of drug-likeness (QED) is 0.725. The smallest absolute Gasteiger partial charge is 0.268 e. The van der Waals surface area contributed by atoms with Gasteiger partial charge in [0, 0.05) is 38.1 Å². The number of nitrogens with one attached hydrogen (secondary N) is 1. The highest BCUT2D eigenvalue weighted by atomic mass is 16.5. The monoisotopic (exact) mass is 371 g/mol. The molecule has 0 radical (unpaired) electrons. The Hall–Kier alpha value is -2.31. The van der Waals surface area contributed by atoms with Crippen LogP contribution < -0.4 is 10.1 Å². The summed E-state index contributed by atoms with van der Waals surface area (Å²) in [5.74, 6) is 0.767. The average Bonchev–Trinajstić information content (AvgIpc) is 3.07. The van der Waals surface area contributed by atoms with Gasteiger partial charge in [-0.15, -0.1) is 0 Å². The van der Waals surface area contributed by atoms with E-state index in [2.05, 4.69) is 16.3 Å². The molecular weight excluding hydrogens is 342 g/mol. The normalized spacial score (nSPS) is 15.5. The first-order valence-corrected chi connectivity index (χ1v) is 9.69. The van der Waals surface area contributed by atoms with E-state index >= 15 is 0 Å². The predicted octanol–water partition coefficient (Wildman–Crippen LogP) is 2.68. The fourth-order valence-electron chi connectivity index (χ4n) is 3.38. The number of fused-ring (bicyclic) bond motifs is 1. The second-order valence-corrected chi connectivity index (χ2v) is 6.54. The molecule has 6 heteroatoms. The van der Waals surface area contributed by atoms with E-state index in [-0.39, 0.29) is 5.91 Å². The zero-order valence-electron chi connectivity index (χ0n) is 16.2. The third kappa shape index (κ3) is 4.70. The SMILES string of the molecule is C/C=C\Cn1c(C(=O)NCCN2CCOCC2)cc2c(OCC)cccc21. The Kier molecular flexibility index (Phi) is 6.90. The van der Waals surface area contributed by atoms with E-state index < -0.39 is 0 Å². The number of aromatic nitrogens is 1. The molecule has 2 heterocycles. The van der Waals surface area contributed by atoms with Gasteiger partial charge in [0.25, 0.3) is 5.91 Å². The van der Waals surface area contributed by atoms with Crippen molar-refractivity contribution >= 4 is 16.8 Å². The number of hydrogen-bond donors (Lipinski definition) is 1. The van der Waals surface area contributed by atoms with Gasteiger partial charge in [0.15, 0.2) is 0 Å². The number of carbonyl (C=O) groups is 1. The molecule has 1 N–H and O–H groups in total. The number of ether oxygens (including phenoxy) is 2. The summed E-state index contributed by atoms with van der Waals surface area (Å²) in [5.41, 5.74) is 1.68. The van der Waals surface area contributed by atoms with Gasteiger partial charge in [-0.2, -0.15) is 0 Å². The minimum atomic E-state index is -0.0496. The van der Waals surface area contributed by atoms with E-state index in [1.54, 1.807) is 0 Å². The number of morpholine rings is 1. The molecule has 0 spiro atoms. The second kappa shape index (κ2) is 9.58. The second-order valence-electron chi connectivity index (χ2n) is 6.54. The summed E-state index contributed by atoms with van der Waals surface area (Å²) in [5, 5.41) is 4.04. The van der Waals surface area contributed by atoms with Crippen LogP contribution in [0.4, 0.5) is 0 Å². The number of amides is 1. The molecule has 2 aromatic rings. The molecule has 1 aromatic heterocycles. The van der Waals surface area contributed by atoms with Crippen molar-refractivity contribution < 1.29 is 14.3 Å². The van der Waals surface area contributed by atoms with E-state index in [9.17, 15) is 4.79 Å². The molecule has 146 valence electrons. The molecule has 1 aliphatic heterocycles. The van der Waals surface area contributed by atoms with Crippen molar-refractivity contribution in [3.05, 3.63) is 42.1 Å². The molecule has 1 aliphatic rings. The molecule has 0 atom stereocenters. The van der Waals surface area contributed by atoms with Crippen LogP contribution in [0.15, 0.2) is 36.4 Å². The Labute approximate surface area is 160 Å². The number of hydrogen-bond acceptors (Lipinski definition) is 4. The van der Waals surface area contributed by atoms with Crippen molar-refractivity contribution in [3.63, 3.8) is 0 Å². The highest BCUT2D eigenvalue weighted by Crippen LogP contribution is 2.29. The van der Waals surface area contributed by atoms with Crippen LogP contribution in [0.3, 0.4) is 0 Å². The molecule has 0 bridgehead atoms. The van der Waals surface area contributed by atoms with E-state index in [4.69, 9.17) is 9.47 Å². The molecule has 0 unspecified atom stereocenters. The van der Waals surface area contributed by atoms with Crippen LogP contribution in [0, 0.1) is 0 Å². The summed E-state index contributed by atoms with van der Waals surface area (Å²) in [4.78, 5) is 15.2. The number of rotatable bonds is 8. The molecule has 0 saturated carbocycles. The molecule has 1 amide bonds. The van der Waals surface area contributed by atoms with E-state index in [0.717, 1.165) is 49.5 Å². The highest BCUT2D eigenvalue weighted by molar-refractivity contribution is 6.00.